The minimum atomic E-state index is -0.236. The molecule has 0 atom stereocenters. The molecule has 0 saturated heterocycles. The Balaban J connectivity index is 1.72. The van der Waals surface area contributed by atoms with E-state index in [-0.39, 0.29) is 11.7 Å². The molecule has 0 aliphatic rings. The van der Waals surface area contributed by atoms with E-state index in [0.717, 1.165) is 17.5 Å². The summed E-state index contributed by atoms with van der Waals surface area (Å²) in [6, 6.07) is 8.29. The van der Waals surface area contributed by atoms with Gasteiger partial charge < -0.3 is 5.32 Å². The number of carbonyl (C=O) groups excluding carboxylic acids is 1. The van der Waals surface area contributed by atoms with E-state index < -0.39 is 0 Å². The summed E-state index contributed by atoms with van der Waals surface area (Å²) in [4.78, 5) is 11.6. The van der Waals surface area contributed by atoms with Crippen molar-refractivity contribution in [2.75, 3.05) is 6.54 Å². The highest BCUT2D eigenvalue weighted by Crippen LogP contribution is 2.06. The van der Waals surface area contributed by atoms with Gasteiger partial charge in [-0.2, -0.15) is 11.3 Å². The molecule has 0 fully saturated rings. The zero-order valence-electron chi connectivity index (χ0n) is 9.86. The second-order valence-corrected chi connectivity index (χ2v) is 4.81. The van der Waals surface area contributed by atoms with Crippen LogP contribution in [0.25, 0.3) is 0 Å². The van der Waals surface area contributed by atoms with Crippen LogP contribution in [0.15, 0.2) is 41.1 Å². The zero-order chi connectivity index (χ0) is 12.8. The van der Waals surface area contributed by atoms with Gasteiger partial charge in [0, 0.05) is 6.54 Å². The van der Waals surface area contributed by atoms with E-state index in [2.05, 4.69) is 5.32 Å². The van der Waals surface area contributed by atoms with Crippen LogP contribution in [0.1, 0.15) is 11.1 Å². The van der Waals surface area contributed by atoms with E-state index in [4.69, 9.17) is 0 Å². The molecule has 2 nitrogen and oxygen atoms in total. The van der Waals surface area contributed by atoms with Gasteiger partial charge in [-0.05, 0) is 46.5 Å². The highest BCUT2D eigenvalue weighted by Gasteiger charge is 2.03. The average molecular weight is 263 g/mol. The smallest absolute Gasteiger partial charge is 0.224 e. The van der Waals surface area contributed by atoms with Crippen molar-refractivity contribution in [1.29, 1.82) is 0 Å². The first-order valence-electron chi connectivity index (χ1n) is 5.76. The minimum Gasteiger partial charge on any atom is -0.355 e. The summed E-state index contributed by atoms with van der Waals surface area (Å²) in [6.45, 7) is 0.578. The lowest BCUT2D eigenvalue weighted by atomic mass is 10.1. The van der Waals surface area contributed by atoms with Gasteiger partial charge in [-0.15, -0.1) is 0 Å². The molecule has 94 valence electrons. The fourth-order valence-corrected chi connectivity index (χ4v) is 2.31. The molecular weight excluding hydrogens is 249 g/mol. The molecule has 18 heavy (non-hydrogen) atoms. The maximum absolute atomic E-state index is 12.7. The van der Waals surface area contributed by atoms with Gasteiger partial charge in [0.05, 0.1) is 6.42 Å². The molecule has 1 N–H and O–H groups in total. The maximum atomic E-state index is 12.7. The third-order valence-electron chi connectivity index (χ3n) is 2.59. The molecule has 0 saturated carbocycles. The first kappa shape index (κ1) is 12.8. The number of benzene rings is 1. The summed E-state index contributed by atoms with van der Waals surface area (Å²) >= 11 is 1.59. The molecule has 0 unspecified atom stereocenters. The van der Waals surface area contributed by atoms with Crippen LogP contribution < -0.4 is 5.32 Å². The quantitative estimate of drug-likeness (QED) is 0.883. The van der Waals surface area contributed by atoms with E-state index >= 15 is 0 Å². The molecule has 1 aromatic carbocycles. The van der Waals surface area contributed by atoms with Crippen LogP contribution in [-0.4, -0.2) is 12.5 Å². The lowest BCUT2D eigenvalue weighted by Gasteiger charge is -2.04. The van der Waals surface area contributed by atoms with E-state index in [1.54, 1.807) is 23.5 Å². The summed E-state index contributed by atoms with van der Waals surface area (Å²) in [6.07, 6.45) is 1.14. The third kappa shape index (κ3) is 3.96. The van der Waals surface area contributed by atoms with Crippen molar-refractivity contribution in [3.05, 3.63) is 58.0 Å². The largest absolute Gasteiger partial charge is 0.355 e. The van der Waals surface area contributed by atoms with Crippen molar-refractivity contribution in [3.8, 4) is 0 Å². The Morgan fingerprint density at radius 1 is 1.17 bits per heavy atom. The lowest BCUT2D eigenvalue weighted by Crippen LogP contribution is -2.27. The normalized spacial score (nSPS) is 10.3. The molecule has 1 amide bonds. The molecule has 0 radical (unpaired) electrons. The molecular formula is C14H14FNOS. The predicted molar refractivity (Wildman–Crippen MR) is 71.1 cm³/mol. The van der Waals surface area contributed by atoms with Gasteiger partial charge in [-0.1, -0.05) is 12.1 Å². The van der Waals surface area contributed by atoms with Crippen LogP contribution in [0.4, 0.5) is 4.39 Å². The molecule has 0 spiro atoms. The highest BCUT2D eigenvalue weighted by molar-refractivity contribution is 7.07. The van der Waals surface area contributed by atoms with Gasteiger partial charge in [-0.3, -0.25) is 4.79 Å². The van der Waals surface area contributed by atoms with Crippen LogP contribution >= 0.6 is 11.3 Å². The summed E-state index contributed by atoms with van der Waals surface area (Å²) in [5, 5.41) is 6.79. The highest BCUT2D eigenvalue weighted by atomic mass is 32.1. The fourth-order valence-electron chi connectivity index (χ4n) is 1.64. The molecule has 0 bridgehead atoms. The number of carbonyl (C=O) groups is 1. The van der Waals surface area contributed by atoms with Crippen LogP contribution in [0, 0.1) is 5.82 Å². The van der Waals surface area contributed by atoms with Gasteiger partial charge in [-0.25, -0.2) is 4.39 Å². The van der Waals surface area contributed by atoms with Crippen molar-refractivity contribution >= 4 is 17.2 Å². The third-order valence-corrected chi connectivity index (χ3v) is 3.33. The van der Waals surface area contributed by atoms with Crippen molar-refractivity contribution in [2.45, 2.75) is 12.8 Å². The maximum Gasteiger partial charge on any atom is 0.224 e. The van der Waals surface area contributed by atoms with Crippen molar-refractivity contribution in [1.82, 2.24) is 5.32 Å². The monoisotopic (exact) mass is 263 g/mol. The predicted octanol–water partition coefficient (Wildman–Crippen LogP) is 2.79. The zero-order valence-corrected chi connectivity index (χ0v) is 10.7. The number of thiophene rings is 1. The lowest BCUT2D eigenvalue weighted by molar-refractivity contribution is -0.120. The fraction of sp³-hybridized carbons (Fsp3) is 0.214. The van der Waals surface area contributed by atoms with E-state index in [0.29, 0.717) is 13.0 Å². The Hall–Kier alpha value is -1.68. The van der Waals surface area contributed by atoms with Gasteiger partial charge in [0.1, 0.15) is 5.82 Å². The Morgan fingerprint density at radius 3 is 2.61 bits per heavy atom. The molecule has 4 heteroatoms. The number of amides is 1. The standard InChI is InChI=1S/C14H14FNOS/c15-13-3-1-11(2-4-13)5-7-16-14(17)9-12-6-8-18-10-12/h1-4,6,8,10H,5,7,9H2,(H,16,17). The van der Waals surface area contributed by atoms with E-state index in [1.807, 2.05) is 16.8 Å². The van der Waals surface area contributed by atoms with E-state index in [9.17, 15) is 9.18 Å². The SMILES string of the molecule is O=C(Cc1ccsc1)NCCc1ccc(F)cc1. The minimum absolute atomic E-state index is 0.0236. The topological polar surface area (TPSA) is 29.1 Å². The molecule has 1 heterocycles. The van der Waals surface area contributed by atoms with Crippen LogP contribution in [0.2, 0.25) is 0 Å². The van der Waals surface area contributed by atoms with Gasteiger partial charge in [0.2, 0.25) is 5.91 Å². The first-order valence-corrected chi connectivity index (χ1v) is 6.70. The average Bonchev–Trinajstić information content (AvgIpc) is 2.84. The molecule has 2 rings (SSSR count). The van der Waals surface area contributed by atoms with Crippen molar-refractivity contribution in [2.24, 2.45) is 0 Å². The second-order valence-electron chi connectivity index (χ2n) is 4.03. The Kier molecular flexibility index (Phi) is 4.47. The van der Waals surface area contributed by atoms with Gasteiger partial charge in [0.25, 0.3) is 0 Å². The van der Waals surface area contributed by atoms with Crippen LogP contribution in [0.5, 0.6) is 0 Å². The summed E-state index contributed by atoms with van der Waals surface area (Å²) in [5.41, 5.74) is 2.06. The summed E-state index contributed by atoms with van der Waals surface area (Å²) < 4.78 is 12.7. The molecule has 0 aliphatic heterocycles. The number of hydrogen-bond acceptors (Lipinski definition) is 2. The first-order chi connectivity index (χ1) is 8.74. The Bertz CT molecular complexity index is 493. The van der Waals surface area contributed by atoms with E-state index in [1.165, 1.54) is 12.1 Å². The van der Waals surface area contributed by atoms with Gasteiger partial charge >= 0.3 is 0 Å². The Labute approximate surface area is 109 Å². The Morgan fingerprint density at radius 2 is 1.94 bits per heavy atom. The molecule has 1 aromatic heterocycles. The second kappa shape index (κ2) is 6.31. The molecule has 0 aliphatic carbocycles. The number of hydrogen-bond donors (Lipinski definition) is 1. The van der Waals surface area contributed by atoms with Gasteiger partial charge in [0.15, 0.2) is 0 Å². The van der Waals surface area contributed by atoms with Crippen LogP contribution in [0.3, 0.4) is 0 Å². The number of rotatable bonds is 5. The molecule has 2 aromatic rings. The summed E-state index contributed by atoms with van der Waals surface area (Å²) in [7, 11) is 0. The number of halogens is 1. The van der Waals surface area contributed by atoms with Crippen molar-refractivity contribution in [3.63, 3.8) is 0 Å². The van der Waals surface area contributed by atoms with Crippen molar-refractivity contribution < 1.29 is 9.18 Å². The number of nitrogens with one attached hydrogen (secondary N) is 1. The summed E-state index contributed by atoms with van der Waals surface area (Å²) in [5.74, 6) is -0.212. The van der Waals surface area contributed by atoms with Crippen LogP contribution in [-0.2, 0) is 17.6 Å².